The molecule has 0 N–H and O–H groups in total. The van der Waals surface area contributed by atoms with Crippen LogP contribution in [0, 0.1) is 17.6 Å². The standard InChI is InChI=1S/C22H16BrF2N3O/c23-17-4-5-20(26-12-17)15-3-1-2-14(8-15)13-28-22(29)7-6-21(27-28)16-9-18(24)11-19(25)10-16/h1-7,9-12,14H,8,13H2. The Morgan fingerprint density at radius 3 is 2.55 bits per heavy atom. The van der Waals surface area contributed by atoms with Crippen molar-refractivity contribution in [3.8, 4) is 11.3 Å². The van der Waals surface area contributed by atoms with Gasteiger partial charge in [-0.25, -0.2) is 13.5 Å². The lowest BCUT2D eigenvalue weighted by atomic mass is 9.92. The minimum Gasteiger partial charge on any atom is -0.268 e. The molecule has 4 nitrogen and oxygen atoms in total. The third kappa shape index (κ3) is 4.56. The molecule has 0 spiro atoms. The van der Waals surface area contributed by atoms with Crippen molar-refractivity contribution in [1.82, 2.24) is 14.8 Å². The van der Waals surface area contributed by atoms with Gasteiger partial charge in [-0.05, 0) is 58.3 Å². The van der Waals surface area contributed by atoms with Crippen LogP contribution < -0.4 is 5.56 Å². The van der Waals surface area contributed by atoms with E-state index in [2.05, 4.69) is 26.0 Å². The lowest BCUT2D eigenvalue weighted by Gasteiger charge is -2.19. The predicted octanol–water partition coefficient (Wildman–Crippen LogP) is 5.01. The molecular formula is C22H16BrF2N3O. The number of benzene rings is 1. The van der Waals surface area contributed by atoms with Gasteiger partial charge in [0.2, 0.25) is 0 Å². The van der Waals surface area contributed by atoms with Crippen molar-refractivity contribution >= 4 is 21.5 Å². The summed E-state index contributed by atoms with van der Waals surface area (Å²) < 4.78 is 29.3. The van der Waals surface area contributed by atoms with Crippen molar-refractivity contribution in [3.63, 3.8) is 0 Å². The van der Waals surface area contributed by atoms with Gasteiger partial charge in [0.1, 0.15) is 11.6 Å². The lowest BCUT2D eigenvalue weighted by Crippen LogP contribution is -2.26. The van der Waals surface area contributed by atoms with Gasteiger partial charge >= 0.3 is 0 Å². The molecule has 7 heteroatoms. The molecule has 146 valence electrons. The van der Waals surface area contributed by atoms with Gasteiger partial charge in [0.05, 0.1) is 17.9 Å². The summed E-state index contributed by atoms with van der Waals surface area (Å²) in [7, 11) is 0. The number of hydrogen-bond acceptors (Lipinski definition) is 3. The van der Waals surface area contributed by atoms with Crippen LogP contribution in [0.2, 0.25) is 0 Å². The van der Waals surface area contributed by atoms with E-state index in [1.165, 1.54) is 28.9 Å². The fraction of sp³-hybridized carbons (Fsp3) is 0.136. The Bertz CT molecular complexity index is 1150. The van der Waals surface area contributed by atoms with Crippen molar-refractivity contribution in [3.05, 3.63) is 99.0 Å². The first kappa shape index (κ1) is 19.4. The van der Waals surface area contributed by atoms with E-state index >= 15 is 0 Å². The quantitative estimate of drug-likeness (QED) is 0.555. The molecule has 4 rings (SSSR count). The molecule has 3 aromatic rings. The minimum absolute atomic E-state index is 0.0464. The number of rotatable bonds is 4. The highest BCUT2D eigenvalue weighted by atomic mass is 79.9. The average molecular weight is 456 g/mol. The second kappa shape index (κ2) is 8.21. The zero-order valence-corrected chi connectivity index (χ0v) is 16.8. The number of hydrogen-bond donors (Lipinski definition) is 0. The van der Waals surface area contributed by atoms with Crippen LogP contribution in [0.25, 0.3) is 16.8 Å². The van der Waals surface area contributed by atoms with Crippen molar-refractivity contribution in [2.75, 3.05) is 0 Å². The van der Waals surface area contributed by atoms with Crippen LogP contribution in [-0.2, 0) is 6.54 Å². The summed E-state index contributed by atoms with van der Waals surface area (Å²) in [5.74, 6) is -1.33. The van der Waals surface area contributed by atoms with Crippen LogP contribution in [0.1, 0.15) is 12.1 Å². The van der Waals surface area contributed by atoms with Gasteiger partial charge in [-0.1, -0.05) is 18.2 Å². The topological polar surface area (TPSA) is 47.8 Å². The number of aromatic nitrogens is 3. The van der Waals surface area contributed by atoms with Crippen LogP contribution >= 0.6 is 15.9 Å². The molecule has 1 unspecified atom stereocenters. The molecule has 2 heterocycles. The van der Waals surface area contributed by atoms with Crippen LogP contribution in [0.3, 0.4) is 0 Å². The van der Waals surface area contributed by atoms with E-state index in [0.29, 0.717) is 18.7 Å². The largest absolute Gasteiger partial charge is 0.268 e. The molecule has 0 saturated heterocycles. The van der Waals surface area contributed by atoms with Crippen molar-refractivity contribution in [1.29, 1.82) is 0 Å². The van der Waals surface area contributed by atoms with Gasteiger partial charge in [-0.3, -0.25) is 9.78 Å². The third-order valence-electron chi connectivity index (χ3n) is 4.65. The molecule has 0 radical (unpaired) electrons. The van der Waals surface area contributed by atoms with Crippen molar-refractivity contribution in [2.45, 2.75) is 13.0 Å². The molecule has 1 aliphatic rings. The van der Waals surface area contributed by atoms with E-state index in [9.17, 15) is 13.6 Å². The summed E-state index contributed by atoms with van der Waals surface area (Å²) in [5.41, 5.74) is 2.31. The van der Waals surface area contributed by atoms with E-state index in [1.54, 1.807) is 6.20 Å². The van der Waals surface area contributed by atoms with Crippen LogP contribution in [0.5, 0.6) is 0 Å². The zero-order valence-electron chi connectivity index (χ0n) is 15.2. The highest BCUT2D eigenvalue weighted by Gasteiger charge is 2.16. The Labute approximate surface area is 174 Å². The molecule has 0 fully saturated rings. The Balaban J connectivity index is 1.57. The molecule has 1 atom stereocenters. The Morgan fingerprint density at radius 2 is 1.83 bits per heavy atom. The van der Waals surface area contributed by atoms with E-state index < -0.39 is 11.6 Å². The van der Waals surface area contributed by atoms with E-state index in [0.717, 1.165) is 21.8 Å². The summed E-state index contributed by atoms with van der Waals surface area (Å²) in [6.07, 6.45) is 8.43. The SMILES string of the molecule is O=c1ccc(-c2cc(F)cc(F)c2)nn1CC1C=CC=C(c2ccc(Br)cn2)C1. The number of nitrogens with zero attached hydrogens (tertiary/aromatic N) is 3. The molecule has 1 aromatic carbocycles. The monoisotopic (exact) mass is 455 g/mol. The highest BCUT2D eigenvalue weighted by Crippen LogP contribution is 2.27. The molecule has 29 heavy (non-hydrogen) atoms. The second-order valence-corrected chi connectivity index (χ2v) is 7.72. The second-order valence-electron chi connectivity index (χ2n) is 6.80. The van der Waals surface area contributed by atoms with Crippen molar-refractivity contribution < 1.29 is 8.78 Å². The fourth-order valence-electron chi connectivity index (χ4n) is 3.29. The first-order valence-electron chi connectivity index (χ1n) is 9.02. The number of halogens is 3. The third-order valence-corrected chi connectivity index (χ3v) is 5.12. The zero-order chi connectivity index (χ0) is 20.4. The van der Waals surface area contributed by atoms with Crippen LogP contribution in [0.4, 0.5) is 8.78 Å². The molecule has 0 amide bonds. The Morgan fingerprint density at radius 1 is 1.07 bits per heavy atom. The van der Waals surface area contributed by atoms with Gasteiger partial charge in [0.25, 0.3) is 5.56 Å². The first-order valence-corrected chi connectivity index (χ1v) is 9.81. The maximum Gasteiger partial charge on any atom is 0.266 e. The smallest absolute Gasteiger partial charge is 0.266 e. The molecule has 0 aliphatic heterocycles. The molecular weight excluding hydrogens is 440 g/mol. The van der Waals surface area contributed by atoms with E-state index in [-0.39, 0.29) is 17.0 Å². The van der Waals surface area contributed by atoms with E-state index in [1.807, 2.05) is 30.4 Å². The fourth-order valence-corrected chi connectivity index (χ4v) is 3.52. The van der Waals surface area contributed by atoms with Gasteiger partial charge in [-0.15, -0.1) is 0 Å². The van der Waals surface area contributed by atoms with Gasteiger partial charge in [0, 0.05) is 34.3 Å². The maximum absolute atomic E-state index is 13.5. The van der Waals surface area contributed by atoms with E-state index in [4.69, 9.17) is 0 Å². The van der Waals surface area contributed by atoms with Gasteiger partial charge in [-0.2, -0.15) is 5.10 Å². The molecule has 2 aromatic heterocycles. The molecule has 0 saturated carbocycles. The number of allylic oxidation sites excluding steroid dienone is 4. The normalized spacial score (nSPS) is 16.0. The van der Waals surface area contributed by atoms with Crippen LogP contribution in [-0.4, -0.2) is 14.8 Å². The number of pyridine rings is 1. The van der Waals surface area contributed by atoms with Gasteiger partial charge < -0.3 is 0 Å². The predicted molar refractivity (Wildman–Crippen MR) is 111 cm³/mol. The van der Waals surface area contributed by atoms with Crippen LogP contribution in [0.15, 0.2) is 76.2 Å². The first-order chi connectivity index (χ1) is 14.0. The summed E-state index contributed by atoms with van der Waals surface area (Å²) in [4.78, 5) is 16.7. The maximum atomic E-state index is 13.5. The highest BCUT2D eigenvalue weighted by molar-refractivity contribution is 9.10. The Kier molecular flexibility index (Phi) is 5.49. The van der Waals surface area contributed by atoms with Gasteiger partial charge in [0.15, 0.2) is 0 Å². The molecule has 1 aliphatic carbocycles. The summed E-state index contributed by atoms with van der Waals surface area (Å²) in [6.45, 7) is 0.356. The summed E-state index contributed by atoms with van der Waals surface area (Å²) >= 11 is 3.38. The lowest BCUT2D eigenvalue weighted by molar-refractivity contribution is 0.476. The molecule has 0 bridgehead atoms. The van der Waals surface area contributed by atoms with Crippen molar-refractivity contribution in [2.24, 2.45) is 5.92 Å². The summed E-state index contributed by atoms with van der Waals surface area (Å²) in [6, 6.07) is 9.91. The average Bonchev–Trinajstić information content (AvgIpc) is 2.70. The Hall–Kier alpha value is -2.93. The summed E-state index contributed by atoms with van der Waals surface area (Å²) in [5, 5.41) is 4.32. The minimum atomic E-state index is -0.688.